The zero-order chi connectivity index (χ0) is 12.0. The maximum atomic E-state index is 8.73. The van der Waals surface area contributed by atoms with Crippen LogP contribution in [0.3, 0.4) is 0 Å². The van der Waals surface area contributed by atoms with Crippen LogP contribution in [0, 0.1) is 11.3 Å². The molecule has 0 amide bonds. The van der Waals surface area contributed by atoms with Crippen molar-refractivity contribution < 1.29 is 4.74 Å². The van der Waals surface area contributed by atoms with Crippen LogP contribution in [0.1, 0.15) is 25.8 Å². The van der Waals surface area contributed by atoms with Gasteiger partial charge in [0.05, 0.1) is 12.7 Å². The van der Waals surface area contributed by atoms with Crippen molar-refractivity contribution in [2.75, 3.05) is 6.61 Å². The minimum absolute atomic E-state index is 0.464. The summed E-state index contributed by atoms with van der Waals surface area (Å²) < 4.78 is 5.51. The van der Waals surface area contributed by atoms with Crippen molar-refractivity contribution in [3.63, 3.8) is 0 Å². The fourth-order valence-corrected chi connectivity index (χ4v) is 1.26. The molecule has 16 heavy (non-hydrogen) atoms. The molecule has 1 unspecified atom stereocenters. The summed E-state index contributed by atoms with van der Waals surface area (Å²) in [5.41, 5.74) is 6.17. The lowest BCUT2D eigenvalue weighted by atomic mass is 10.0. The molecule has 2 N–H and O–H groups in total. The third kappa shape index (κ3) is 3.92. The number of nitriles is 1. The van der Waals surface area contributed by atoms with Gasteiger partial charge in [0, 0.05) is 6.42 Å². The van der Waals surface area contributed by atoms with Gasteiger partial charge >= 0.3 is 0 Å². The number of rotatable bonds is 5. The number of benzene rings is 1. The predicted molar refractivity (Wildman–Crippen MR) is 64.1 cm³/mol. The molecule has 0 aliphatic rings. The van der Waals surface area contributed by atoms with E-state index in [0.29, 0.717) is 13.0 Å². The molecule has 0 radical (unpaired) electrons. The first-order chi connectivity index (χ1) is 7.57. The molecule has 0 aliphatic carbocycles. The first-order valence-corrected chi connectivity index (χ1v) is 5.49. The summed E-state index contributed by atoms with van der Waals surface area (Å²) in [6, 6.07) is 10.0. The molecule has 3 nitrogen and oxygen atoms in total. The number of aryl methyl sites for hydroxylation is 1. The summed E-state index contributed by atoms with van der Waals surface area (Å²) in [6.45, 7) is 4.28. The minimum atomic E-state index is -0.802. The highest BCUT2D eigenvalue weighted by Crippen LogP contribution is 2.13. The molecular formula is C13H18N2O. The van der Waals surface area contributed by atoms with E-state index >= 15 is 0 Å². The third-order valence-corrected chi connectivity index (χ3v) is 2.48. The van der Waals surface area contributed by atoms with Gasteiger partial charge in [0.1, 0.15) is 11.3 Å². The third-order valence-electron chi connectivity index (χ3n) is 2.48. The van der Waals surface area contributed by atoms with Gasteiger partial charge in [0.25, 0.3) is 0 Å². The lowest BCUT2D eigenvalue weighted by Crippen LogP contribution is -2.35. The Morgan fingerprint density at radius 3 is 2.50 bits per heavy atom. The van der Waals surface area contributed by atoms with E-state index in [1.165, 1.54) is 5.56 Å². The normalized spacial score (nSPS) is 13.9. The summed E-state index contributed by atoms with van der Waals surface area (Å²) in [5, 5.41) is 8.73. The Morgan fingerprint density at radius 1 is 1.38 bits per heavy atom. The fourth-order valence-electron chi connectivity index (χ4n) is 1.26. The maximum Gasteiger partial charge on any atom is 0.119 e. The first-order valence-electron chi connectivity index (χ1n) is 5.49. The average Bonchev–Trinajstić information content (AvgIpc) is 2.30. The van der Waals surface area contributed by atoms with Crippen LogP contribution in [0.15, 0.2) is 24.3 Å². The Labute approximate surface area is 96.8 Å². The van der Waals surface area contributed by atoms with Crippen molar-refractivity contribution >= 4 is 0 Å². The van der Waals surface area contributed by atoms with Crippen molar-refractivity contribution in [3.8, 4) is 11.8 Å². The molecule has 1 atom stereocenters. The van der Waals surface area contributed by atoms with Gasteiger partial charge in [-0.05, 0) is 31.0 Å². The molecule has 3 heteroatoms. The molecule has 0 saturated heterocycles. The topological polar surface area (TPSA) is 59.0 Å². The van der Waals surface area contributed by atoms with Crippen molar-refractivity contribution in [1.29, 1.82) is 5.26 Å². The molecule has 1 rings (SSSR count). The van der Waals surface area contributed by atoms with Crippen molar-refractivity contribution in [3.05, 3.63) is 29.8 Å². The van der Waals surface area contributed by atoms with Crippen LogP contribution < -0.4 is 10.5 Å². The van der Waals surface area contributed by atoms with Gasteiger partial charge in [-0.3, -0.25) is 0 Å². The lowest BCUT2D eigenvalue weighted by Gasteiger charge is -2.15. The average molecular weight is 218 g/mol. The molecule has 0 aliphatic heterocycles. The molecule has 0 fully saturated rings. The maximum absolute atomic E-state index is 8.73. The summed E-state index contributed by atoms with van der Waals surface area (Å²) >= 11 is 0. The standard InChI is InChI=1S/C13H18N2O/c1-3-11-4-6-12(7-5-11)16-9-8-13(2,15)10-14/h4-7H,3,8-9,15H2,1-2H3. The van der Waals surface area contributed by atoms with E-state index in [0.717, 1.165) is 12.2 Å². The van der Waals surface area contributed by atoms with Gasteiger partial charge in [0.2, 0.25) is 0 Å². The molecule has 1 aromatic carbocycles. The Bertz CT molecular complexity index is 363. The number of ether oxygens (including phenoxy) is 1. The van der Waals surface area contributed by atoms with Gasteiger partial charge in [0.15, 0.2) is 0 Å². The molecule has 0 spiro atoms. The number of nitrogens with two attached hydrogens (primary N) is 1. The molecule has 86 valence electrons. The lowest BCUT2D eigenvalue weighted by molar-refractivity contribution is 0.286. The van der Waals surface area contributed by atoms with E-state index in [2.05, 4.69) is 6.92 Å². The number of hydrogen-bond donors (Lipinski definition) is 1. The SMILES string of the molecule is CCc1ccc(OCCC(C)(N)C#N)cc1. The van der Waals surface area contributed by atoms with Crippen LogP contribution in [0.2, 0.25) is 0 Å². The van der Waals surface area contributed by atoms with Crippen LogP contribution in [0.5, 0.6) is 5.75 Å². The van der Waals surface area contributed by atoms with Crippen LogP contribution in [0.4, 0.5) is 0 Å². The molecule has 0 bridgehead atoms. The quantitative estimate of drug-likeness (QED) is 0.824. The van der Waals surface area contributed by atoms with Gasteiger partial charge < -0.3 is 10.5 Å². The highest BCUT2D eigenvalue weighted by atomic mass is 16.5. The Morgan fingerprint density at radius 2 is 2.00 bits per heavy atom. The second-order valence-electron chi connectivity index (χ2n) is 4.13. The van der Waals surface area contributed by atoms with Crippen molar-refractivity contribution in [1.82, 2.24) is 0 Å². The fraction of sp³-hybridized carbons (Fsp3) is 0.462. The Balaban J connectivity index is 2.41. The molecule has 0 saturated carbocycles. The first kappa shape index (κ1) is 12.5. The van der Waals surface area contributed by atoms with Gasteiger partial charge in [-0.25, -0.2) is 0 Å². The monoisotopic (exact) mass is 218 g/mol. The van der Waals surface area contributed by atoms with Crippen LogP contribution in [-0.4, -0.2) is 12.1 Å². The van der Waals surface area contributed by atoms with Crippen molar-refractivity contribution in [2.45, 2.75) is 32.2 Å². The van der Waals surface area contributed by atoms with E-state index < -0.39 is 5.54 Å². The summed E-state index contributed by atoms with van der Waals surface area (Å²) in [6.07, 6.45) is 1.55. The summed E-state index contributed by atoms with van der Waals surface area (Å²) in [5.74, 6) is 0.825. The van der Waals surface area contributed by atoms with E-state index in [9.17, 15) is 0 Å². The highest BCUT2D eigenvalue weighted by Gasteiger charge is 2.16. The number of nitrogens with zero attached hydrogens (tertiary/aromatic N) is 1. The van der Waals surface area contributed by atoms with Crippen LogP contribution >= 0.6 is 0 Å². The Kier molecular flexibility index (Phi) is 4.33. The zero-order valence-electron chi connectivity index (χ0n) is 9.86. The molecule has 0 heterocycles. The van der Waals surface area contributed by atoms with E-state index in [1.807, 2.05) is 30.3 Å². The second kappa shape index (κ2) is 5.53. The summed E-state index contributed by atoms with van der Waals surface area (Å²) in [4.78, 5) is 0. The largest absolute Gasteiger partial charge is 0.493 e. The molecule has 0 aromatic heterocycles. The van der Waals surface area contributed by atoms with Gasteiger partial charge in [-0.1, -0.05) is 19.1 Å². The number of hydrogen-bond acceptors (Lipinski definition) is 3. The van der Waals surface area contributed by atoms with Crippen molar-refractivity contribution in [2.24, 2.45) is 5.73 Å². The smallest absolute Gasteiger partial charge is 0.119 e. The molecular weight excluding hydrogens is 200 g/mol. The van der Waals surface area contributed by atoms with Gasteiger partial charge in [-0.2, -0.15) is 5.26 Å². The van der Waals surface area contributed by atoms with E-state index in [1.54, 1.807) is 6.92 Å². The second-order valence-corrected chi connectivity index (χ2v) is 4.13. The zero-order valence-corrected chi connectivity index (χ0v) is 9.86. The Hall–Kier alpha value is -1.53. The molecule has 1 aromatic rings. The predicted octanol–water partition coefficient (Wildman–Crippen LogP) is 2.26. The highest BCUT2D eigenvalue weighted by molar-refractivity contribution is 5.27. The van der Waals surface area contributed by atoms with Gasteiger partial charge in [-0.15, -0.1) is 0 Å². The minimum Gasteiger partial charge on any atom is -0.493 e. The summed E-state index contributed by atoms with van der Waals surface area (Å²) in [7, 11) is 0. The van der Waals surface area contributed by atoms with Crippen LogP contribution in [-0.2, 0) is 6.42 Å². The van der Waals surface area contributed by atoms with E-state index in [4.69, 9.17) is 15.7 Å². The van der Waals surface area contributed by atoms with E-state index in [-0.39, 0.29) is 0 Å². The van der Waals surface area contributed by atoms with Crippen LogP contribution in [0.25, 0.3) is 0 Å².